The molecule has 0 saturated heterocycles. The molecule has 0 N–H and O–H groups in total. The van der Waals surface area contributed by atoms with Gasteiger partial charge in [0.15, 0.2) is 0 Å². The maximum atomic E-state index is 13.5. The summed E-state index contributed by atoms with van der Waals surface area (Å²) in [5.41, 5.74) is 11.8. The molecule has 4 nitrogen and oxygen atoms in total. The van der Waals surface area contributed by atoms with Crippen molar-refractivity contribution >= 4 is 23.2 Å². The Bertz CT molecular complexity index is 1440. The van der Waals surface area contributed by atoms with E-state index in [2.05, 4.69) is 9.98 Å². The normalized spacial score (nSPS) is 12.2. The lowest BCUT2D eigenvalue weighted by Crippen LogP contribution is -2.21. The second-order valence-corrected chi connectivity index (χ2v) is 10.3. The van der Waals surface area contributed by atoms with Crippen LogP contribution in [-0.2, 0) is 0 Å². The molecular formula is C34H34N2O2-2. The molecule has 4 rings (SSSR count). The second-order valence-electron chi connectivity index (χ2n) is 10.3. The van der Waals surface area contributed by atoms with Crippen molar-refractivity contribution in [1.82, 2.24) is 0 Å². The number of rotatable bonds is 5. The first-order valence-electron chi connectivity index (χ1n) is 12.9. The number of hydrogen-bond acceptors (Lipinski definition) is 4. The van der Waals surface area contributed by atoms with E-state index in [4.69, 9.17) is 0 Å². The first kappa shape index (κ1) is 26.9. The number of nitrogens with zero attached hydrogens (tertiary/aromatic N) is 2. The summed E-state index contributed by atoms with van der Waals surface area (Å²) in [6.45, 7) is 15.8. The Kier molecular flexibility index (Phi) is 7.54. The second kappa shape index (κ2) is 10.7. The molecule has 0 aliphatic carbocycles. The van der Waals surface area contributed by atoms with Crippen LogP contribution in [0.25, 0.3) is 11.1 Å². The Morgan fingerprint density at radius 2 is 0.789 bits per heavy atom. The quantitative estimate of drug-likeness (QED) is 0.225. The van der Waals surface area contributed by atoms with Crippen molar-refractivity contribution in [3.05, 3.63) is 116 Å². The van der Waals surface area contributed by atoms with Gasteiger partial charge in [-0.1, -0.05) is 59.7 Å². The lowest BCUT2D eigenvalue weighted by atomic mass is 9.93. The number of aryl methyl sites for hydroxylation is 8. The maximum absolute atomic E-state index is 13.5. The summed E-state index contributed by atoms with van der Waals surface area (Å²) in [6.07, 6.45) is 0. The minimum Gasteiger partial charge on any atom is -0.858 e. The van der Waals surface area contributed by atoms with Gasteiger partial charge in [-0.05, 0) is 124 Å². The first-order chi connectivity index (χ1) is 18.0. The molecule has 0 aliphatic heterocycles. The molecule has 194 valence electrons. The SMILES string of the molecule is Cc1cc(C)c(C([O-])=Nc2cccc(C)c2-c2c(C)cccc2N=C([O-])c2c(C)cc(C)cc2C)c(C)c1. The average molecular weight is 503 g/mol. The highest BCUT2D eigenvalue weighted by atomic mass is 16.3. The minimum atomic E-state index is -0.277. The van der Waals surface area contributed by atoms with E-state index < -0.39 is 0 Å². The van der Waals surface area contributed by atoms with Crippen LogP contribution in [0.15, 0.2) is 70.6 Å². The van der Waals surface area contributed by atoms with Crippen molar-refractivity contribution in [1.29, 1.82) is 0 Å². The Morgan fingerprint density at radius 1 is 0.474 bits per heavy atom. The molecule has 0 fully saturated rings. The van der Waals surface area contributed by atoms with E-state index >= 15 is 0 Å². The van der Waals surface area contributed by atoms with Gasteiger partial charge in [-0.2, -0.15) is 0 Å². The topological polar surface area (TPSA) is 70.8 Å². The van der Waals surface area contributed by atoms with E-state index in [-0.39, 0.29) is 11.8 Å². The van der Waals surface area contributed by atoms with E-state index in [1.165, 1.54) is 0 Å². The minimum absolute atomic E-state index is 0.277. The van der Waals surface area contributed by atoms with Crippen molar-refractivity contribution in [2.75, 3.05) is 0 Å². The van der Waals surface area contributed by atoms with E-state index in [9.17, 15) is 10.2 Å². The summed E-state index contributed by atoms with van der Waals surface area (Å²) in [5, 5.41) is 26.9. The van der Waals surface area contributed by atoms with E-state index in [1.807, 2.05) is 116 Å². The number of benzene rings is 4. The molecule has 0 spiro atoms. The van der Waals surface area contributed by atoms with Gasteiger partial charge in [-0.25, -0.2) is 0 Å². The number of hydrogen-bond donors (Lipinski definition) is 0. The monoisotopic (exact) mass is 502 g/mol. The van der Waals surface area contributed by atoms with Gasteiger partial charge in [0.25, 0.3) is 0 Å². The van der Waals surface area contributed by atoms with Crippen molar-refractivity contribution < 1.29 is 10.2 Å². The fourth-order valence-corrected chi connectivity index (χ4v) is 5.51. The van der Waals surface area contributed by atoms with Gasteiger partial charge in [-0.15, -0.1) is 0 Å². The summed E-state index contributed by atoms with van der Waals surface area (Å²) in [5.74, 6) is -0.554. The smallest absolute Gasteiger partial charge is 0.0704 e. The summed E-state index contributed by atoms with van der Waals surface area (Å²) < 4.78 is 0. The highest BCUT2D eigenvalue weighted by molar-refractivity contribution is 6.00. The van der Waals surface area contributed by atoms with Crippen molar-refractivity contribution in [2.24, 2.45) is 9.98 Å². The van der Waals surface area contributed by atoms with Crippen LogP contribution in [0.1, 0.15) is 55.6 Å². The Morgan fingerprint density at radius 3 is 1.11 bits per heavy atom. The molecule has 4 aromatic rings. The third-order valence-electron chi connectivity index (χ3n) is 6.98. The van der Waals surface area contributed by atoms with Crippen molar-refractivity contribution in [3.8, 4) is 11.1 Å². The van der Waals surface area contributed by atoms with Crippen LogP contribution in [0.2, 0.25) is 0 Å². The first-order valence-corrected chi connectivity index (χ1v) is 12.9. The molecule has 38 heavy (non-hydrogen) atoms. The summed E-state index contributed by atoms with van der Waals surface area (Å²) >= 11 is 0. The third-order valence-corrected chi connectivity index (χ3v) is 6.98. The van der Waals surface area contributed by atoms with E-state index in [0.717, 1.165) is 55.6 Å². The zero-order chi connectivity index (χ0) is 27.7. The van der Waals surface area contributed by atoms with Crippen molar-refractivity contribution in [2.45, 2.75) is 55.4 Å². The van der Waals surface area contributed by atoms with Gasteiger partial charge in [0.2, 0.25) is 0 Å². The predicted octanol–water partition coefficient (Wildman–Crippen LogP) is 6.70. The third kappa shape index (κ3) is 5.26. The standard InChI is InChI=1S/C34H36N2O2/c1-19-15-23(5)29(24(6)16-19)33(37)35-27-13-9-11-21(3)31(27)32-22(4)12-10-14-28(32)36-34(38)30-25(7)17-20(2)18-26(30)8/h9-18H,1-8H3,(H,35,37)(H,36,38)/p-2. The molecule has 0 aromatic heterocycles. The van der Waals surface area contributed by atoms with Crippen LogP contribution in [0.4, 0.5) is 11.4 Å². The summed E-state index contributed by atoms with van der Waals surface area (Å²) in [4.78, 5) is 9.22. The van der Waals surface area contributed by atoms with Crippen molar-refractivity contribution in [3.63, 3.8) is 0 Å². The van der Waals surface area contributed by atoms with Crippen LogP contribution in [0.3, 0.4) is 0 Å². The van der Waals surface area contributed by atoms with Crippen LogP contribution in [0, 0.1) is 55.4 Å². The van der Waals surface area contributed by atoms with Crippen LogP contribution < -0.4 is 10.2 Å². The Hall–Kier alpha value is -4.18. The average Bonchev–Trinajstić information content (AvgIpc) is 2.79. The molecule has 0 unspecified atom stereocenters. The zero-order valence-corrected chi connectivity index (χ0v) is 23.5. The lowest BCUT2D eigenvalue weighted by Gasteiger charge is -2.21. The predicted molar refractivity (Wildman–Crippen MR) is 155 cm³/mol. The molecule has 0 bridgehead atoms. The molecule has 0 atom stereocenters. The zero-order valence-electron chi connectivity index (χ0n) is 23.5. The van der Waals surface area contributed by atoms with Crippen LogP contribution >= 0.6 is 0 Å². The Balaban J connectivity index is 1.92. The fraction of sp³-hybridized carbons (Fsp3) is 0.235. The Labute approximate surface area is 226 Å². The highest BCUT2D eigenvalue weighted by Crippen LogP contribution is 2.41. The van der Waals surface area contributed by atoms with Gasteiger partial charge in [0.05, 0.1) is 11.4 Å². The van der Waals surface area contributed by atoms with Crippen LogP contribution in [-0.4, -0.2) is 11.8 Å². The molecule has 0 aliphatic rings. The molecule has 4 heteroatoms. The van der Waals surface area contributed by atoms with Gasteiger partial charge >= 0.3 is 0 Å². The highest BCUT2D eigenvalue weighted by Gasteiger charge is 2.16. The number of aliphatic imine (C=N–C) groups is 2. The van der Waals surface area contributed by atoms with Crippen LogP contribution in [0.5, 0.6) is 0 Å². The molecule has 0 radical (unpaired) electrons. The van der Waals surface area contributed by atoms with Gasteiger partial charge < -0.3 is 10.2 Å². The summed E-state index contributed by atoms with van der Waals surface area (Å²) in [6, 6.07) is 19.5. The molecular weight excluding hydrogens is 468 g/mol. The fourth-order valence-electron chi connectivity index (χ4n) is 5.51. The van der Waals surface area contributed by atoms with Gasteiger partial charge in [-0.3, -0.25) is 9.98 Å². The van der Waals surface area contributed by atoms with E-state index in [0.29, 0.717) is 22.5 Å². The van der Waals surface area contributed by atoms with Gasteiger partial charge in [0, 0.05) is 11.1 Å². The summed E-state index contributed by atoms with van der Waals surface area (Å²) in [7, 11) is 0. The molecule has 4 aromatic carbocycles. The largest absolute Gasteiger partial charge is 0.858 e. The maximum Gasteiger partial charge on any atom is 0.0704 e. The molecule has 0 amide bonds. The van der Waals surface area contributed by atoms with E-state index in [1.54, 1.807) is 0 Å². The molecule has 0 heterocycles. The van der Waals surface area contributed by atoms with Gasteiger partial charge in [0.1, 0.15) is 0 Å². The molecule has 0 saturated carbocycles. The lowest BCUT2D eigenvalue weighted by molar-refractivity contribution is -0.213.